The number of hydrogen-bond donors (Lipinski definition) is 1. The lowest BCUT2D eigenvalue weighted by Crippen LogP contribution is -2.38. The Labute approximate surface area is 123 Å². The second-order valence-electron chi connectivity index (χ2n) is 5.84. The molecule has 1 aromatic rings. The van der Waals surface area contributed by atoms with Crippen molar-refractivity contribution in [1.82, 2.24) is 15.2 Å². The number of nitrogens with zero attached hydrogens (tertiary/aromatic N) is 3. The maximum Gasteiger partial charge on any atom is 0.0601 e. The zero-order valence-corrected chi connectivity index (χ0v) is 13.1. The minimum atomic E-state index is 0.539. The normalized spacial score (nSPS) is 20.9. The molecule has 4 nitrogen and oxygen atoms in total. The second kappa shape index (κ2) is 7.60. The van der Waals surface area contributed by atoms with Gasteiger partial charge < -0.3 is 15.1 Å². The smallest absolute Gasteiger partial charge is 0.0601 e. The maximum absolute atomic E-state index is 4.35. The molecule has 1 aliphatic rings. The van der Waals surface area contributed by atoms with Crippen LogP contribution in [0.4, 0.5) is 5.69 Å². The van der Waals surface area contributed by atoms with Gasteiger partial charge in [-0.3, -0.25) is 4.98 Å². The number of likely N-dealkylation sites (N-methyl/N-ethyl adjacent to an activating group) is 1. The molecule has 0 spiro atoms. The van der Waals surface area contributed by atoms with Crippen molar-refractivity contribution in [3.63, 3.8) is 0 Å². The molecular weight excluding hydrogens is 248 g/mol. The Morgan fingerprint density at radius 2 is 2.25 bits per heavy atom. The zero-order chi connectivity index (χ0) is 14.4. The minimum Gasteiger partial charge on any atom is -0.366 e. The van der Waals surface area contributed by atoms with Crippen LogP contribution in [0.1, 0.15) is 32.3 Å². The van der Waals surface area contributed by atoms with Gasteiger partial charge >= 0.3 is 0 Å². The van der Waals surface area contributed by atoms with Gasteiger partial charge in [0.1, 0.15) is 0 Å². The van der Waals surface area contributed by atoms with Gasteiger partial charge in [0.05, 0.1) is 11.9 Å². The third kappa shape index (κ3) is 3.93. The highest BCUT2D eigenvalue weighted by molar-refractivity contribution is 5.52. The quantitative estimate of drug-likeness (QED) is 0.835. The fourth-order valence-electron chi connectivity index (χ4n) is 2.95. The minimum absolute atomic E-state index is 0.539. The molecular formula is C16H28N4. The number of anilines is 1. The van der Waals surface area contributed by atoms with Gasteiger partial charge in [-0.05, 0) is 51.5 Å². The molecule has 0 aromatic carbocycles. The Hall–Kier alpha value is -1.13. The summed E-state index contributed by atoms with van der Waals surface area (Å²) in [7, 11) is 2.22. The topological polar surface area (TPSA) is 31.4 Å². The van der Waals surface area contributed by atoms with Crippen LogP contribution in [0, 0.1) is 0 Å². The summed E-state index contributed by atoms with van der Waals surface area (Å²) in [6.07, 6.45) is 6.33. The van der Waals surface area contributed by atoms with Gasteiger partial charge in [-0.15, -0.1) is 0 Å². The number of hydrogen-bond acceptors (Lipinski definition) is 4. The molecule has 112 valence electrons. The van der Waals surface area contributed by atoms with Crippen molar-refractivity contribution >= 4 is 5.69 Å². The number of aromatic nitrogens is 1. The van der Waals surface area contributed by atoms with Crippen LogP contribution in [0.15, 0.2) is 18.5 Å². The molecule has 4 heteroatoms. The summed E-state index contributed by atoms with van der Waals surface area (Å²) in [4.78, 5) is 9.30. The van der Waals surface area contributed by atoms with Crippen LogP contribution >= 0.6 is 0 Å². The first-order chi connectivity index (χ1) is 9.72. The summed E-state index contributed by atoms with van der Waals surface area (Å²) in [5.41, 5.74) is 2.67. The van der Waals surface area contributed by atoms with E-state index in [4.69, 9.17) is 0 Å². The van der Waals surface area contributed by atoms with Crippen LogP contribution in [0.3, 0.4) is 0 Å². The van der Waals surface area contributed by atoms with E-state index < -0.39 is 0 Å². The number of pyridine rings is 1. The van der Waals surface area contributed by atoms with E-state index in [0.717, 1.165) is 26.2 Å². The molecule has 0 amide bonds. The molecule has 1 fully saturated rings. The molecule has 1 saturated heterocycles. The molecule has 0 bridgehead atoms. The molecule has 0 radical (unpaired) electrons. The fraction of sp³-hybridized carbons (Fsp3) is 0.688. The molecule has 1 N–H and O–H groups in total. The van der Waals surface area contributed by atoms with E-state index in [1.54, 1.807) is 0 Å². The van der Waals surface area contributed by atoms with Crippen molar-refractivity contribution in [2.45, 2.75) is 39.3 Å². The van der Waals surface area contributed by atoms with Crippen molar-refractivity contribution in [2.24, 2.45) is 0 Å². The summed E-state index contributed by atoms with van der Waals surface area (Å²) in [5, 5.41) is 3.51. The highest BCUT2D eigenvalue weighted by atomic mass is 15.2. The lowest BCUT2D eigenvalue weighted by Gasteiger charge is -2.31. The molecule has 2 heterocycles. The van der Waals surface area contributed by atoms with Gasteiger partial charge in [0.15, 0.2) is 0 Å². The number of nitrogens with one attached hydrogen (secondary N) is 1. The molecule has 1 atom stereocenters. The molecule has 2 rings (SSSR count). The summed E-state index contributed by atoms with van der Waals surface area (Å²) in [6, 6.07) is 2.69. The van der Waals surface area contributed by atoms with E-state index in [-0.39, 0.29) is 0 Å². The maximum atomic E-state index is 4.35. The standard InChI is InChI=1S/C16H28N4/c1-4-7-17-11-15-6-8-18-12-16(15)20-10-5-9-19(3)13-14(20)2/h6,8,12,14,17H,4-5,7,9-11,13H2,1-3H3. The summed E-state index contributed by atoms with van der Waals surface area (Å²) in [5.74, 6) is 0. The van der Waals surface area contributed by atoms with Crippen LogP contribution in [-0.4, -0.2) is 49.2 Å². The third-order valence-corrected chi connectivity index (χ3v) is 3.99. The first-order valence-corrected chi connectivity index (χ1v) is 7.81. The predicted molar refractivity (Wildman–Crippen MR) is 85.2 cm³/mol. The van der Waals surface area contributed by atoms with Crippen LogP contribution in [0.5, 0.6) is 0 Å². The van der Waals surface area contributed by atoms with Crippen molar-refractivity contribution in [3.05, 3.63) is 24.0 Å². The summed E-state index contributed by atoms with van der Waals surface area (Å²) in [6.45, 7) is 9.95. The van der Waals surface area contributed by atoms with Gasteiger partial charge in [0, 0.05) is 31.9 Å². The summed E-state index contributed by atoms with van der Waals surface area (Å²) >= 11 is 0. The van der Waals surface area contributed by atoms with Crippen molar-refractivity contribution < 1.29 is 0 Å². The zero-order valence-electron chi connectivity index (χ0n) is 13.1. The van der Waals surface area contributed by atoms with Gasteiger partial charge in [-0.25, -0.2) is 0 Å². The van der Waals surface area contributed by atoms with E-state index >= 15 is 0 Å². The van der Waals surface area contributed by atoms with E-state index in [9.17, 15) is 0 Å². The number of rotatable bonds is 5. The second-order valence-corrected chi connectivity index (χ2v) is 5.84. The van der Waals surface area contributed by atoms with Gasteiger partial charge in [-0.1, -0.05) is 6.92 Å². The Kier molecular flexibility index (Phi) is 5.80. The van der Waals surface area contributed by atoms with Gasteiger partial charge in [0.2, 0.25) is 0 Å². The van der Waals surface area contributed by atoms with E-state index in [0.29, 0.717) is 6.04 Å². The molecule has 1 aliphatic heterocycles. The lowest BCUT2D eigenvalue weighted by atomic mass is 10.1. The third-order valence-electron chi connectivity index (χ3n) is 3.99. The predicted octanol–water partition coefficient (Wildman–Crippen LogP) is 2.11. The lowest BCUT2D eigenvalue weighted by molar-refractivity contribution is 0.337. The fourth-order valence-corrected chi connectivity index (χ4v) is 2.95. The highest BCUT2D eigenvalue weighted by Gasteiger charge is 2.21. The molecule has 0 aliphatic carbocycles. The van der Waals surface area contributed by atoms with Gasteiger partial charge in [-0.2, -0.15) is 0 Å². The average Bonchev–Trinajstić information content (AvgIpc) is 2.60. The average molecular weight is 276 g/mol. The molecule has 1 aromatic heterocycles. The molecule has 0 saturated carbocycles. The van der Waals surface area contributed by atoms with E-state index in [2.05, 4.69) is 47.1 Å². The highest BCUT2D eigenvalue weighted by Crippen LogP contribution is 2.23. The van der Waals surface area contributed by atoms with Crippen molar-refractivity contribution in [2.75, 3.05) is 38.1 Å². The van der Waals surface area contributed by atoms with Crippen LogP contribution in [0.2, 0.25) is 0 Å². The van der Waals surface area contributed by atoms with E-state index in [1.807, 2.05) is 12.4 Å². The van der Waals surface area contributed by atoms with E-state index in [1.165, 1.54) is 30.6 Å². The SMILES string of the molecule is CCCNCc1ccncc1N1CCCN(C)CC1C. The van der Waals surface area contributed by atoms with Crippen LogP contribution < -0.4 is 10.2 Å². The first-order valence-electron chi connectivity index (χ1n) is 7.81. The van der Waals surface area contributed by atoms with Crippen molar-refractivity contribution in [3.8, 4) is 0 Å². The van der Waals surface area contributed by atoms with Gasteiger partial charge in [0.25, 0.3) is 0 Å². The Morgan fingerprint density at radius 1 is 1.40 bits per heavy atom. The molecule has 20 heavy (non-hydrogen) atoms. The Balaban J connectivity index is 2.13. The van der Waals surface area contributed by atoms with Crippen LogP contribution in [0.25, 0.3) is 0 Å². The first kappa shape index (κ1) is 15.3. The Morgan fingerprint density at radius 3 is 3.05 bits per heavy atom. The monoisotopic (exact) mass is 276 g/mol. The Bertz CT molecular complexity index is 407. The summed E-state index contributed by atoms with van der Waals surface area (Å²) < 4.78 is 0. The molecule has 1 unspecified atom stereocenters. The van der Waals surface area contributed by atoms with Crippen LogP contribution in [-0.2, 0) is 6.54 Å². The largest absolute Gasteiger partial charge is 0.366 e. The van der Waals surface area contributed by atoms with Crippen molar-refractivity contribution in [1.29, 1.82) is 0 Å².